The van der Waals surface area contributed by atoms with E-state index < -0.39 is 0 Å². The lowest BCUT2D eigenvalue weighted by molar-refractivity contribution is 0.385. The molecule has 0 atom stereocenters. The fraction of sp³-hybridized carbons (Fsp3) is 0.267. The first kappa shape index (κ1) is 14.1. The molecule has 0 bridgehead atoms. The Balaban J connectivity index is 2.16. The van der Waals surface area contributed by atoms with Crippen molar-refractivity contribution in [1.82, 2.24) is 10.3 Å². The molecule has 0 aliphatic carbocycles. The Kier molecular flexibility index (Phi) is 4.79. The van der Waals surface area contributed by atoms with E-state index in [1.54, 1.807) is 38.6 Å². The van der Waals surface area contributed by atoms with E-state index in [2.05, 4.69) is 10.3 Å². The van der Waals surface area contributed by atoms with Crippen LogP contribution in [0.2, 0.25) is 0 Å². The van der Waals surface area contributed by atoms with Crippen molar-refractivity contribution in [1.29, 1.82) is 0 Å². The highest BCUT2D eigenvalue weighted by Gasteiger charge is 2.05. The van der Waals surface area contributed by atoms with Gasteiger partial charge in [-0.2, -0.15) is 0 Å². The number of hydrogen-bond donors (Lipinski definition) is 1. The first-order valence-corrected chi connectivity index (χ1v) is 6.25. The zero-order valence-electron chi connectivity index (χ0n) is 11.8. The Morgan fingerprint density at radius 3 is 2.15 bits per heavy atom. The SMILES string of the molecule is CNCc1ccc(Oc2cc(OC)cc(OC)c2)nc1. The quantitative estimate of drug-likeness (QED) is 0.877. The molecular weight excluding hydrogens is 256 g/mol. The number of hydrogen-bond acceptors (Lipinski definition) is 5. The number of benzene rings is 1. The Morgan fingerprint density at radius 1 is 1.00 bits per heavy atom. The standard InChI is InChI=1S/C15H18N2O3/c1-16-9-11-4-5-15(17-10-11)20-14-7-12(18-2)6-13(8-14)19-3/h4-8,10,16H,9H2,1-3H3. The number of ether oxygens (including phenoxy) is 3. The van der Waals surface area contributed by atoms with Crippen LogP contribution in [-0.4, -0.2) is 26.3 Å². The van der Waals surface area contributed by atoms with Crippen LogP contribution in [0, 0.1) is 0 Å². The first-order valence-electron chi connectivity index (χ1n) is 6.25. The zero-order chi connectivity index (χ0) is 14.4. The summed E-state index contributed by atoms with van der Waals surface area (Å²) in [5.41, 5.74) is 1.10. The van der Waals surface area contributed by atoms with Crippen molar-refractivity contribution in [2.75, 3.05) is 21.3 Å². The molecular formula is C15H18N2O3. The van der Waals surface area contributed by atoms with Crippen LogP contribution in [0.1, 0.15) is 5.56 Å². The molecule has 0 spiro atoms. The molecule has 0 unspecified atom stereocenters. The Bertz CT molecular complexity index is 533. The largest absolute Gasteiger partial charge is 0.496 e. The van der Waals surface area contributed by atoms with Gasteiger partial charge < -0.3 is 19.5 Å². The highest BCUT2D eigenvalue weighted by Crippen LogP contribution is 2.30. The number of aromatic nitrogens is 1. The summed E-state index contributed by atoms with van der Waals surface area (Å²) >= 11 is 0. The zero-order valence-corrected chi connectivity index (χ0v) is 11.8. The molecule has 0 radical (unpaired) electrons. The third kappa shape index (κ3) is 3.61. The summed E-state index contributed by atoms with van der Waals surface area (Å²) < 4.78 is 16.1. The van der Waals surface area contributed by atoms with E-state index in [0.29, 0.717) is 23.1 Å². The molecule has 0 fully saturated rings. The number of rotatable bonds is 6. The molecule has 2 rings (SSSR count). The minimum atomic E-state index is 0.528. The summed E-state index contributed by atoms with van der Waals surface area (Å²) in [7, 11) is 5.10. The summed E-state index contributed by atoms with van der Waals surface area (Å²) in [4.78, 5) is 4.26. The molecule has 0 saturated heterocycles. The van der Waals surface area contributed by atoms with Crippen LogP contribution in [0.25, 0.3) is 0 Å². The number of pyridine rings is 1. The van der Waals surface area contributed by atoms with Crippen LogP contribution in [-0.2, 0) is 6.54 Å². The lowest BCUT2D eigenvalue weighted by Crippen LogP contribution is -2.05. The lowest BCUT2D eigenvalue weighted by Gasteiger charge is -2.09. The molecule has 0 aliphatic heterocycles. The average Bonchev–Trinajstić information content (AvgIpc) is 2.49. The molecule has 20 heavy (non-hydrogen) atoms. The molecule has 5 nitrogen and oxygen atoms in total. The highest BCUT2D eigenvalue weighted by molar-refractivity contribution is 5.43. The van der Waals surface area contributed by atoms with Crippen molar-refractivity contribution in [3.8, 4) is 23.1 Å². The molecule has 5 heteroatoms. The van der Waals surface area contributed by atoms with Gasteiger partial charge in [0.1, 0.15) is 17.2 Å². The minimum Gasteiger partial charge on any atom is -0.496 e. The van der Waals surface area contributed by atoms with Crippen molar-refractivity contribution in [3.05, 3.63) is 42.1 Å². The third-order valence-electron chi connectivity index (χ3n) is 2.73. The Hall–Kier alpha value is -2.27. The van der Waals surface area contributed by atoms with Gasteiger partial charge in [-0.15, -0.1) is 0 Å². The predicted octanol–water partition coefficient (Wildman–Crippen LogP) is 2.61. The maximum absolute atomic E-state index is 5.70. The van der Waals surface area contributed by atoms with Crippen LogP contribution >= 0.6 is 0 Å². The van der Waals surface area contributed by atoms with Gasteiger partial charge in [-0.1, -0.05) is 6.07 Å². The molecule has 1 aromatic heterocycles. The Morgan fingerprint density at radius 2 is 1.65 bits per heavy atom. The molecule has 0 aliphatic rings. The topological polar surface area (TPSA) is 52.6 Å². The van der Waals surface area contributed by atoms with E-state index in [9.17, 15) is 0 Å². The third-order valence-corrected chi connectivity index (χ3v) is 2.73. The minimum absolute atomic E-state index is 0.528. The van der Waals surface area contributed by atoms with Gasteiger partial charge in [0.05, 0.1) is 14.2 Å². The molecule has 1 heterocycles. The summed E-state index contributed by atoms with van der Waals surface area (Å²) in [6, 6.07) is 9.16. The van der Waals surface area contributed by atoms with E-state index in [4.69, 9.17) is 14.2 Å². The molecule has 1 aromatic carbocycles. The predicted molar refractivity (Wildman–Crippen MR) is 76.6 cm³/mol. The van der Waals surface area contributed by atoms with E-state index in [1.165, 1.54) is 0 Å². The maximum Gasteiger partial charge on any atom is 0.219 e. The monoisotopic (exact) mass is 274 g/mol. The number of nitrogens with zero attached hydrogens (tertiary/aromatic N) is 1. The molecule has 106 valence electrons. The van der Waals surface area contributed by atoms with Crippen molar-refractivity contribution in [2.45, 2.75) is 6.54 Å². The number of nitrogens with one attached hydrogen (secondary N) is 1. The smallest absolute Gasteiger partial charge is 0.219 e. The normalized spacial score (nSPS) is 10.2. The van der Waals surface area contributed by atoms with Gasteiger partial charge in [0.15, 0.2) is 0 Å². The van der Waals surface area contributed by atoms with E-state index >= 15 is 0 Å². The Labute approximate surface area is 118 Å². The summed E-state index contributed by atoms with van der Waals surface area (Å²) in [5.74, 6) is 2.49. The van der Waals surface area contributed by atoms with E-state index in [1.807, 2.05) is 19.2 Å². The molecule has 0 amide bonds. The van der Waals surface area contributed by atoms with Gasteiger partial charge in [0.2, 0.25) is 5.88 Å². The van der Waals surface area contributed by atoms with Crippen LogP contribution < -0.4 is 19.5 Å². The van der Waals surface area contributed by atoms with Crippen LogP contribution in [0.15, 0.2) is 36.5 Å². The second-order valence-electron chi connectivity index (χ2n) is 4.19. The van der Waals surface area contributed by atoms with Gasteiger partial charge in [0.25, 0.3) is 0 Å². The van der Waals surface area contributed by atoms with Crippen molar-refractivity contribution >= 4 is 0 Å². The number of methoxy groups -OCH3 is 2. The van der Waals surface area contributed by atoms with Gasteiger partial charge in [-0.05, 0) is 12.6 Å². The molecule has 2 aromatic rings. The summed E-state index contributed by atoms with van der Waals surface area (Å²) in [5, 5.41) is 3.07. The maximum atomic E-state index is 5.70. The second-order valence-corrected chi connectivity index (χ2v) is 4.19. The fourth-order valence-electron chi connectivity index (χ4n) is 1.74. The van der Waals surface area contributed by atoms with Crippen molar-refractivity contribution in [2.24, 2.45) is 0 Å². The molecule has 1 N–H and O–H groups in total. The fourth-order valence-corrected chi connectivity index (χ4v) is 1.74. The summed E-state index contributed by atoms with van der Waals surface area (Å²) in [6.07, 6.45) is 1.78. The van der Waals surface area contributed by atoms with E-state index in [0.717, 1.165) is 12.1 Å². The molecule has 0 saturated carbocycles. The van der Waals surface area contributed by atoms with Crippen LogP contribution in [0.3, 0.4) is 0 Å². The van der Waals surface area contributed by atoms with Gasteiger partial charge >= 0.3 is 0 Å². The lowest BCUT2D eigenvalue weighted by atomic mass is 10.3. The van der Waals surface area contributed by atoms with Gasteiger partial charge in [-0.3, -0.25) is 0 Å². The highest BCUT2D eigenvalue weighted by atomic mass is 16.5. The van der Waals surface area contributed by atoms with Crippen molar-refractivity contribution in [3.63, 3.8) is 0 Å². The summed E-state index contributed by atoms with van der Waals surface area (Å²) in [6.45, 7) is 0.778. The first-order chi connectivity index (χ1) is 9.75. The van der Waals surface area contributed by atoms with E-state index in [-0.39, 0.29) is 0 Å². The average molecular weight is 274 g/mol. The van der Waals surface area contributed by atoms with Crippen LogP contribution in [0.5, 0.6) is 23.1 Å². The van der Waals surface area contributed by atoms with Gasteiger partial charge in [-0.25, -0.2) is 4.98 Å². The van der Waals surface area contributed by atoms with Gasteiger partial charge in [0, 0.05) is 37.0 Å². The second kappa shape index (κ2) is 6.77. The van der Waals surface area contributed by atoms with Crippen LogP contribution in [0.4, 0.5) is 0 Å². The van der Waals surface area contributed by atoms with Crippen molar-refractivity contribution < 1.29 is 14.2 Å².